The molecule has 0 aromatic heterocycles. The summed E-state index contributed by atoms with van der Waals surface area (Å²) in [6, 6.07) is 10.1. The van der Waals surface area contributed by atoms with E-state index in [2.05, 4.69) is 16.9 Å². The zero-order valence-corrected chi connectivity index (χ0v) is 14.2. The van der Waals surface area contributed by atoms with Crippen LogP contribution in [0.5, 0.6) is 0 Å². The molecule has 0 bridgehead atoms. The molecule has 1 unspecified atom stereocenters. The van der Waals surface area contributed by atoms with E-state index < -0.39 is 11.4 Å². The molecular weight excluding hydrogens is 318 g/mol. The van der Waals surface area contributed by atoms with Crippen molar-refractivity contribution in [1.29, 1.82) is 0 Å². The van der Waals surface area contributed by atoms with Gasteiger partial charge in [0.2, 0.25) is 5.91 Å². The average Bonchev–Trinajstić information content (AvgIpc) is 2.85. The molecule has 1 aromatic carbocycles. The fraction of sp³-hybridized carbons (Fsp3) is 0.529. The van der Waals surface area contributed by atoms with Crippen LogP contribution in [-0.2, 0) is 20.7 Å². The fourth-order valence-electron chi connectivity index (χ4n) is 2.94. The van der Waals surface area contributed by atoms with Gasteiger partial charge in [-0.05, 0) is 24.8 Å². The summed E-state index contributed by atoms with van der Waals surface area (Å²) in [5.41, 5.74) is 0.261. The molecule has 1 fully saturated rings. The van der Waals surface area contributed by atoms with Crippen molar-refractivity contribution in [2.24, 2.45) is 5.41 Å². The maximum absolute atomic E-state index is 12.5. The van der Waals surface area contributed by atoms with Gasteiger partial charge in [0.05, 0.1) is 25.6 Å². The van der Waals surface area contributed by atoms with Gasteiger partial charge in [0.15, 0.2) is 0 Å². The Balaban J connectivity index is 0.00000264. The van der Waals surface area contributed by atoms with Crippen LogP contribution in [0.3, 0.4) is 0 Å². The van der Waals surface area contributed by atoms with Gasteiger partial charge in [-0.1, -0.05) is 30.3 Å². The largest absolute Gasteiger partial charge is 0.469 e. The molecule has 1 saturated heterocycles. The number of hydrogen-bond donors (Lipinski definition) is 1. The van der Waals surface area contributed by atoms with Crippen LogP contribution in [0.25, 0.3) is 0 Å². The minimum atomic E-state index is -0.986. The van der Waals surface area contributed by atoms with Crippen molar-refractivity contribution in [3.05, 3.63) is 35.9 Å². The number of amides is 1. The van der Waals surface area contributed by atoms with Crippen LogP contribution in [0.4, 0.5) is 0 Å². The number of rotatable bonds is 7. The predicted molar refractivity (Wildman–Crippen MR) is 89.4 cm³/mol. The molecule has 1 heterocycles. The first kappa shape index (κ1) is 19.5. The molecule has 0 saturated carbocycles. The molecule has 1 aliphatic rings. The zero-order chi connectivity index (χ0) is 16.0. The van der Waals surface area contributed by atoms with E-state index in [0.717, 1.165) is 12.8 Å². The van der Waals surface area contributed by atoms with Crippen molar-refractivity contribution >= 4 is 24.3 Å². The first-order chi connectivity index (χ1) is 10.6. The Bertz CT molecular complexity index is 523. The average molecular weight is 342 g/mol. The summed E-state index contributed by atoms with van der Waals surface area (Å²) in [5.74, 6) is -0.581. The molecule has 0 aliphatic carbocycles. The summed E-state index contributed by atoms with van der Waals surface area (Å²) in [4.78, 5) is 25.7. The van der Waals surface area contributed by atoms with E-state index in [1.165, 1.54) is 12.7 Å². The second-order valence-corrected chi connectivity index (χ2v) is 5.82. The standard InChI is InChI=1S/C17H23NO4.ClH/c1-22-15(20)12-17(13-19)9-11-18(16(17)21)10-5-8-14-6-3-2-4-7-14;/h2-4,6-7,19H,5,8-13H2,1H3;1H. The number of aryl methyl sites for hydroxylation is 1. The molecule has 1 N–H and O–H groups in total. The Morgan fingerprint density at radius 3 is 2.65 bits per heavy atom. The summed E-state index contributed by atoms with van der Waals surface area (Å²) in [6.45, 7) is 0.929. The lowest BCUT2D eigenvalue weighted by atomic mass is 9.84. The molecule has 1 atom stereocenters. The lowest BCUT2D eigenvalue weighted by Gasteiger charge is -2.24. The number of benzene rings is 1. The Labute approximate surface area is 143 Å². The lowest BCUT2D eigenvalue weighted by molar-refractivity contribution is -0.150. The number of ether oxygens (including phenoxy) is 1. The Morgan fingerprint density at radius 2 is 2.04 bits per heavy atom. The van der Waals surface area contributed by atoms with E-state index in [-0.39, 0.29) is 31.3 Å². The Hall–Kier alpha value is -1.59. The lowest BCUT2D eigenvalue weighted by Crippen LogP contribution is -2.39. The number of methoxy groups -OCH3 is 1. The third-order valence-electron chi connectivity index (χ3n) is 4.35. The third kappa shape index (κ3) is 4.69. The monoisotopic (exact) mass is 341 g/mol. The molecule has 1 amide bonds. The van der Waals surface area contributed by atoms with Gasteiger partial charge < -0.3 is 14.7 Å². The van der Waals surface area contributed by atoms with E-state index in [9.17, 15) is 14.7 Å². The van der Waals surface area contributed by atoms with E-state index in [4.69, 9.17) is 0 Å². The van der Waals surface area contributed by atoms with Crippen molar-refractivity contribution in [2.45, 2.75) is 25.7 Å². The maximum Gasteiger partial charge on any atom is 0.306 e. The molecule has 5 nitrogen and oxygen atoms in total. The quantitative estimate of drug-likeness (QED) is 0.768. The van der Waals surface area contributed by atoms with Gasteiger partial charge in [-0.15, -0.1) is 12.4 Å². The predicted octanol–water partition coefficient (Wildman–Crippen LogP) is 1.82. The Morgan fingerprint density at radius 1 is 1.35 bits per heavy atom. The summed E-state index contributed by atoms with van der Waals surface area (Å²) in [5, 5.41) is 9.60. The van der Waals surface area contributed by atoms with Gasteiger partial charge >= 0.3 is 5.97 Å². The molecule has 6 heteroatoms. The highest BCUT2D eigenvalue weighted by Gasteiger charge is 2.47. The number of esters is 1. The third-order valence-corrected chi connectivity index (χ3v) is 4.35. The van der Waals surface area contributed by atoms with Crippen molar-refractivity contribution in [2.75, 3.05) is 26.8 Å². The van der Waals surface area contributed by atoms with E-state index in [1.54, 1.807) is 4.90 Å². The van der Waals surface area contributed by atoms with Gasteiger partial charge in [-0.2, -0.15) is 0 Å². The number of nitrogens with zero attached hydrogens (tertiary/aromatic N) is 1. The second-order valence-electron chi connectivity index (χ2n) is 5.82. The first-order valence-electron chi connectivity index (χ1n) is 7.62. The van der Waals surface area contributed by atoms with Crippen LogP contribution in [0.15, 0.2) is 30.3 Å². The molecule has 0 radical (unpaired) electrons. The fourth-order valence-corrected chi connectivity index (χ4v) is 2.94. The zero-order valence-electron chi connectivity index (χ0n) is 13.4. The summed E-state index contributed by atoms with van der Waals surface area (Å²) >= 11 is 0. The molecule has 23 heavy (non-hydrogen) atoms. The highest BCUT2D eigenvalue weighted by Crippen LogP contribution is 2.35. The van der Waals surface area contributed by atoms with Crippen LogP contribution < -0.4 is 0 Å². The van der Waals surface area contributed by atoms with Crippen LogP contribution in [-0.4, -0.2) is 48.7 Å². The minimum absolute atomic E-state index is 0. The summed E-state index contributed by atoms with van der Waals surface area (Å²) in [6.07, 6.45) is 2.24. The van der Waals surface area contributed by atoms with Gasteiger partial charge in [-0.3, -0.25) is 9.59 Å². The van der Waals surface area contributed by atoms with Crippen molar-refractivity contribution in [3.8, 4) is 0 Å². The van der Waals surface area contributed by atoms with Gasteiger partial charge in [0.25, 0.3) is 0 Å². The Kier molecular flexibility index (Phi) is 7.52. The van der Waals surface area contributed by atoms with Gasteiger partial charge in [-0.25, -0.2) is 0 Å². The maximum atomic E-state index is 12.5. The number of hydrogen-bond acceptors (Lipinski definition) is 4. The minimum Gasteiger partial charge on any atom is -0.469 e. The number of aliphatic hydroxyl groups is 1. The molecule has 1 aliphatic heterocycles. The SMILES string of the molecule is COC(=O)CC1(CO)CCN(CCCc2ccccc2)C1=O.Cl. The molecular formula is C17H24ClNO4. The molecule has 1 aromatic rings. The highest BCUT2D eigenvalue weighted by atomic mass is 35.5. The normalized spacial score (nSPS) is 20.3. The van der Waals surface area contributed by atoms with Crippen molar-refractivity contribution in [1.82, 2.24) is 4.90 Å². The molecule has 2 rings (SSSR count). The van der Waals surface area contributed by atoms with E-state index in [0.29, 0.717) is 19.5 Å². The topological polar surface area (TPSA) is 66.8 Å². The van der Waals surface area contributed by atoms with Crippen LogP contribution >= 0.6 is 12.4 Å². The van der Waals surface area contributed by atoms with Crippen LogP contribution in [0.1, 0.15) is 24.8 Å². The first-order valence-corrected chi connectivity index (χ1v) is 7.62. The summed E-state index contributed by atoms with van der Waals surface area (Å²) in [7, 11) is 1.30. The van der Waals surface area contributed by atoms with Crippen LogP contribution in [0.2, 0.25) is 0 Å². The highest BCUT2D eigenvalue weighted by molar-refractivity contribution is 5.89. The van der Waals surface area contributed by atoms with E-state index >= 15 is 0 Å². The smallest absolute Gasteiger partial charge is 0.306 e. The number of halogens is 1. The molecule has 128 valence electrons. The number of likely N-dealkylation sites (tertiary alicyclic amines) is 1. The number of carbonyl (C=O) groups excluding carboxylic acids is 2. The van der Waals surface area contributed by atoms with E-state index in [1.807, 2.05) is 18.2 Å². The summed E-state index contributed by atoms with van der Waals surface area (Å²) < 4.78 is 4.64. The second kappa shape index (κ2) is 8.89. The van der Waals surface area contributed by atoms with Gasteiger partial charge in [0.1, 0.15) is 0 Å². The van der Waals surface area contributed by atoms with Crippen LogP contribution in [0, 0.1) is 5.41 Å². The van der Waals surface area contributed by atoms with Crippen molar-refractivity contribution < 1.29 is 19.4 Å². The number of aliphatic hydroxyl groups excluding tert-OH is 1. The number of carbonyl (C=O) groups is 2. The van der Waals surface area contributed by atoms with Crippen molar-refractivity contribution in [3.63, 3.8) is 0 Å². The van der Waals surface area contributed by atoms with Gasteiger partial charge in [0, 0.05) is 13.1 Å². The molecule has 0 spiro atoms.